The van der Waals surface area contributed by atoms with Gasteiger partial charge in [-0.05, 0) is 56.1 Å². The van der Waals surface area contributed by atoms with Gasteiger partial charge in [-0.1, -0.05) is 12.1 Å². The van der Waals surface area contributed by atoms with Gasteiger partial charge in [-0.15, -0.1) is 0 Å². The molecule has 7 heteroatoms. The minimum atomic E-state index is -3.59. The Morgan fingerprint density at radius 1 is 0.920 bits per heavy atom. The Kier molecular flexibility index (Phi) is 6.41. The molecule has 0 aliphatic heterocycles. The number of rotatable bonds is 8. The molecule has 0 saturated carbocycles. The topological polar surface area (TPSA) is 67.9 Å². The summed E-state index contributed by atoms with van der Waals surface area (Å²) in [5.74, 6) is 1.38. The molecule has 1 N–H and O–H groups in total. The molecular formula is C18H24N2O4S. The highest BCUT2D eigenvalue weighted by Gasteiger charge is 2.19. The van der Waals surface area contributed by atoms with Crippen molar-refractivity contribution in [2.45, 2.75) is 10.9 Å². The number of likely N-dealkylation sites (N-methyl/N-ethyl adjacent to an activating group) is 1. The smallest absolute Gasteiger partial charge is 0.240 e. The van der Waals surface area contributed by atoms with E-state index < -0.39 is 10.0 Å². The zero-order valence-electron chi connectivity index (χ0n) is 14.9. The molecule has 0 aliphatic rings. The van der Waals surface area contributed by atoms with Gasteiger partial charge in [-0.25, -0.2) is 13.1 Å². The van der Waals surface area contributed by atoms with Crippen LogP contribution in [-0.4, -0.2) is 48.2 Å². The lowest BCUT2D eigenvalue weighted by Crippen LogP contribution is -2.34. The van der Waals surface area contributed by atoms with Crippen LogP contribution in [0.5, 0.6) is 11.5 Å². The molecule has 136 valence electrons. The van der Waals surface area contributed by atoms with Crippen molar-refractivity contribution < 1.29 is 17.9 Å². The Morgan fingerprint density at radius 2 is 1.40 bits per heavy atom. The second-order valence-electron chi connectivity index (χ2n) is 5.78. The first-order valence-corrected chi connectivity index (χ1v) is 9.30. The standard InChI is InChI=1S/C18H24N2O4S/c1-20(2)18(14-5-7-15(23-3)8-6-14)13-19-25(21,22)17-11-9-16(24-4)10-12-17/h5-12,18-19H,13H2,1-4H3/t18-/m0/s1. The SMILES string of the molecule is COc1ccc([C@H](CNS(=O)(=O)c2ccc(OC)cc2)N(C)C)cc1. The fourth-order valence-electron chi connectivity index (χ4n) is 2.45. The van der Waals surface area contributed by atoms with Crippen molar-refractivity contribution in [3.8, 4) is 11.5 Å². The summed E-state index contributed by atoms with van der Waals surface area (Å²) < 4.78 is 37.9. The second-order valence-corrected chi connectivity index (χ2v) is 7.55. The van der Waals surface area contributed by atoms with Crippen molar-refractivity contribution in [1.82, 2.24) is 9.62 Å². The van der Waals surface area contributed by atoms with E-state index in [1.165, 1.54) is 19.2 Å². The number of sulfonamides is 1. The van der Waals surface area contributed by atoms with E-state index in [0.717, 1.165) is 11.3 Å². The first kappa shape index (κ1) is 19.2. The van der Waals surface area contributed by atoms with Crippen molar-refractivity contribution in [2.75, 3.05) is 34.9 Å². The normalized spacial score (nSPS) is 12.8. The van der Waals surface area contributed by atoms with Gasteiger partial charge in [0, 0.05) is 12.6 Å². The minimum Gasteiger partial charge on any atom is -0.497 e. The zero-order valence-corrected chi connectivity index (χ0v) is 15.7. The molecule has 2 rings (SSSR count). The average Bonchev–Trinajstić information content (AvgIpc) is 2.62. The summed E-state index contributed by atoms with van der Waals surface area (Å²) in [5.41, 5.74) is 1.00. The maximum absolute atomic E-state index is 12.5. The Labute approximate surface area is 149 Å². The highest BCUT2D eigenvalue weighted by atomic mass is 32.2. The molecule has 0 spiro atoms. The molecule has 0 aromatic heterocycles. The third-order valence-electron chi connectivity index (χ3n) is 3.96. The molecule has 0 radical (unpaired) electrons. The van der Waals surface area contributed by atoms with Crippen LogP contribution in [0.25, 0.3) is 0 Å². The monoisotopic (exact) mass is 364 g/mol. The van der Waals surface area contributed by atoms with Crippen LogP contribution < -0.4 is 14.2 Å². The Morgan fingerprint density at radius 3 is 1.84 bits per heavy atom. The lowest BCUT2D eigenvalue weighted by atomic mass is 10.1. The van der Waals surface area contributed by atoms with Crippen LogP contribution in [0.2, 0.25) is 0 Å². The number of hydrogen-bond donors (Lipinski definition) is 1. The van der Waals surface area contributed by atoms with Gasteiger partial charge in [0.2, 0.25) is 10.0 Å². The quantitative estimate of drug-likeness (QED) is 0.778. The predicted molar refractivity (Wildman–Crippen MR) is 97.6 cm³/mol. The largest absolute Gasteiger partial charge is 0.497 e. The molecule has 1 atom stereocenters. The number of hydrogen-bond acceptors (Lipinski definition) is 5. The molecule has 0 aliphatic carbocycles. The maximum Gasteiger partial charge on any atom is 0.240 e. The van der Waals surface area contributed by atoms with E-state index in [0.29, 0.717) is 5.75 Å². The maximum atomic E-state index is 12.5. The van der Waals surface area contributed by atoms with Crippen LogP contribution in [0.3, 0.4) is 0 Å². The molecule has 0 unspecified atom stereocenters. The highest BCUT2D eigenvalue weighted by molar-refractivity contribution is 7.89. The Hall–Kier alpha value is -2.09. The molecule has 0 amide bonds. The Balaban J connectivity index is 2.13. The summed E-state index contributed by atoms with van der Waals surface area (Å²) in [7, 11) is 3.39. The van der Waals surface area contributed by atoms with Gasteiger partial charge < -0.3 is 14.4 Å². The second kappa shape index (κ2) is 8.33. The number of methoxy groups -OCH3 is 2. The summed E-state index contributed by atoms with van der Waals surface area (Å²) in [6.45, 7) is 0.258. The molecule has 0 bridgehead atoms. The number of nitrogens with zero attached hydrogens (tertiary/aromatic N) is 1. The third kappa shape index (κ3) is 4.94. The van der Waals surface area contributed by atoms with Gasteiger partial charge in [0.15, 0.2) is 0 Å². The first-order valence-electron chi connectivity index (χ1n) is 7.81. The molecule has 0 fully saturated rings. The van der Waals surface area contributed by atoms with E-state index in [-0.39, 0.29) is 17.5 Å². The van der Waals surface area contributed by atoms with Crippen LogP contribution in [0.4, 0.5) is 0 Å². The molecule has 6 nitrogen and oxygen atoms in total. The lowest BCUT2D eigenvalue weighted by molar-refractivity contribution is 0.299. The number of ether oxygens (including phenoxy) is 2. The summed E-state index contributed by atoms with van der Waals surface area (Å²) >= 11 is 0. The molecule has 0 heterocycles. The average molecular weight is 364 g/mol. The van der Waals surface area contributed by atoms with Crippen LogP contribution in [-0.2, 0) is 10.0 Å². The molecule has 2 aromatic carbocycles. The van der Waals surface area contributed by atoms with Crippen LogP contribution in [0, 0.1) is 0 Å². The summed E-state index contributed by atoms with van der Waals surface area (Å²) in [5, 5.41) is 0. The third-order valence-corrected chi connectivity index (χ3v) is 5.40. The fourth-order valence-corrected chi connectivity index (χ4v) is 3.49. The van der Waals surface area contributed by atoms with Gasteiger partial charge >= 0.3 is 0 Å². The molecule has 0 saturated heterocycles. The van der Waals surface area contributed by atoms with Crippen molar-refractivity contribution in [3.63, 3.8) is 0 Å². The van der Waals surface area contributed by atoms with E-state index in [4.69, 9.17) is 9.47 Å². The fraction of sp³-hybridized carbons (Fsp3) is 0.333. The number of benzene rings is 2. The summed E-state index contributed by atoms with van der Waals surface area (Å²) in [4.78, 5) is 2.18. The van der Waals surface area contributed by atoms with Crippen molar-refractivity contribution >= 4 is 10.0 Å². The summed E-state index contributed by atoms with van der Waals surface area (Å²) in [6.07, 6.45) is 0. The van der Waals surface area contributed by atoms with E-state index >= 15 is 0 Å². The van der Waals surface area contributed by atoms with E-state index in [2.05, 4.69) is 4.72 Å². The van der Waals surface area contributed by atoms with Crippen LogP contribution >= 0.6 is 0 Å². The van der Waals surface area contributed by atoms with Crippen LogP contribution in [0.15, 0.2) is 53.4 Å². The van der Waals surface area contributed by atoms with Gasteiger partial charge in [-0.3, -0.25) is 0 Å². The molecular weight excluding hydrogens is 340 g/mol. The lowest BCUT2D eigenvalue weighted by Gasteiger charge is -2.25. The Bertz CT molecular complexity index is 772. The highest BCUT2D eigenvalue weighted by Crippen LogP contribution is 2.22. The van der Waals surface area contributed by atoms with E-state index in [1.807, 2.05) is 43.3 Å². The van der Waals surface area contributed by atoms with Crippen molar-refractivity contribution in [1.29, 1.82) is 0 Å². The van der Waals surface area contributed by atoms with Gasteiger partial charge in [0.1, 0.15) is 11.5 Å². The minimum absolute atomic E-state index is 0.0982. The molecule has 25 heavy (non-hydrogen) atoms. The van der Waals surface area contributed by atoms with E-state index in [1.54, 1.807) is 19.2 Å². The van der Waals surface area contributed by atoms with Gasteiger partial charge in [-0.2, -0.15) is 0 Å². The molecule has 2 aromatic rings. The van der Waals surface area contributed by atoms with Crippen LogP contribution in [0.1, 0.15) is 11.6 Å². The zero-order chi connectivity index (χ0) is 18.4. The summed E-state index contributed by atoms with van der Waals surface area (Å²) in [6, 6.07) is 13.8. The van der Waals surface area contributed by atoms with Crippen molar-refractivity contribution in [2.24, 2.45) is 0 Å². The van der Waals surface area contributed by atoms with Gasteiger partial charge in [0.25, 0.3) is 0 Å². The van der Waals surface area contributed by atoms with E-state index in [9.17, 15) is 8.42 Å². The van der Waals surface area contributed by atoms with Gasteiger partial charge in [0.05, 0.1) is 19.1 Å². The predicted octanol–water partition coefficient (Wildman–Crippen LogP) is 2.29. The van der Waals surface area contributed by atoms with Crippen molar-refractivity contribution in [3.05, 3.63) is 54.1 Å². The first-order chi connectivity index (χ1) is 11.9. The number of nitrogens with one attached hydrogen (secondary N) is 1.